The van der Waals surface area contributed by atoms with Crippen molar-refractivity contribution in [1.82, 2.24) is 0 Å². The molecule has 0 spiro atoms. The quantitative estimate of drug-likeness (QED) is 0.485. The first kappa shape index (κ1) is 21.3. The summed E-state index contributed by atoms with van der Waals surface area (Å²) in [6.07, 6.45) is -1.18. The van der Waals surface area contributed by atoms with E-state index in [1.165, 1.54) is 0 Å². The van der Waals surface area contributed by atoms with Crippen molar-refractivity contribution in [1.29, 1.82) is 0 Å². The zero-order chi connectivity index (χ0) is 17.4. The van der Waals surface area contributed by atoms with Crippen LogP contribution in [0.15, 0.2) is 54.6 Å². The van der Waals surface area contributed by atoms with Crippen LogP contribution in [0.3, 0.4) is 0 Å². The van der Waals surface area contributed by atoms with E-state index >= 15 is 0 Å². The van der Waals surface area contributed by atoms with E-state index in [9.17, 15) is 10.2 Å². The van der Waals surface area contributed by atoms with E-state index in [0.717, 1.165) is 11.3 Å². The molecule has 0 heterocycles. The van der Waals surface area contributed by atoms with Gasteiger partial charge in [-0.15, -0.1) is 0 Å². The maximum Gasteiger partial charge on any atom is 0.137 e. The Balaban J connectivity index is 0.00000312. The number of quaternary nitrogens is 1. The lowest BCUT2D eigenvalue weighted by Gasteiger charge is -2.19. The molecule has 6 heteroatoms. The van der Waals surface area contributed by atoms with Crippen LogP contribution in [0.5, 0.6) is 11.5 Å². The summed E-state index contributed by atoms with van der Waals surface area (Å²) in [4.78, 5) is 0. The van der Waals surface area contributed by atoms with E-state index in [-0.39, 0.29) is 25.1 Å². The standard InChI is InChI=1S/C19H25NO4.ClH/c1-14(19(22)15-6-4-3-5-7-15)20-12-16(21)13-24-18-10-8-17(23-2)9-11-18;/h3-11,14,16,19-22H,12-13H2,1-2H3;1H. The molecular weight excluding hydrogens is 342 g/mol. The van der Waals surface area contributed by atoms with Crippen LogP contribution in [-0.4, -0.2) is 42.6 Å². The minimum atomic E-state index is -0.613. The largest absolute Gasteiger partial charge is 1.00 e. The van der Waals surface area contributed by atoms with Gasteiger partial charge in [0.1, 0.15) is 42.9 Å². The number of ether oxygens (including phenoxy) is 2. The van der Waals surface area contributed by atoms with E-state index in [1.54, 1.807) is 19.2 Å². The first-order chi connectivity index (χ1) is 11.6. The molecule has 2 aromatic carbocycles. The van der Waals surface area contributed by atoms with Crippen molar-refractivity contribution in [2.24, 2.45) is 0 Å². The van der Waals surface area contributed by atoms with E-state index in [2.05, 4.69) is 0 Å². The summed E-state index contributed by atoms with van der Waals surface area (Å²) in [5, 5.41) is 22.3. The smallest absolute Gasteiger partial charge is 0.137 e. The monoisotopic (exact) mass is 367 g/mol. The molecule has 0 aliphatic rings. The lowest BCUT2D eigenvalue weighted by Crippen LogP contribution is -3.00. The molecule has 2 rings (SSSR count). The third-order valence-corrected chi connectivity index (χ3v) is 3.92. The first-order valence-corrected chi connectivity index (χ1v) is 8.11. The fourth-order valence-electron chi connectivity index (χ4n) is 2.39. The Hall–Kier alpha value is -1.79. The van der Waals surface area contributed by atoms with Gasteiger partial charge in [0.2, 0.25) is 0 Å². The van der Waals surface area contributed by atoms with Crippen LogP contribution in [0, 0.1) is 0 Å². The SMILES string of the molecule is COc1ccc(OCC(O)C[NH2+]C(C)C(O)c2ccccc2)cc1.[Cl-]. The highest BCUT2D eigenvalue weighted by molar-refractivity contribution is 5.31. The molecule has 3 unspecified atom stereocenters. The minimum Gasteiger partial charge on any atom is -1.00 e. The molecule has 2 aromatic rings. The van der Waals surface area contributed by atoms with Crippen molar-refractivity contribution in [2.75, 3.05) is 20.3 Å². The van der Waals surface area contributed by atoms with Crippen LogP contribution in [0.2, 0.25) is 0 Å². The maximum atomic E-state index is 10.3. The predicted molar refractivity (Wildman–Crippen MR) is 92.2 cm³/mol. The van der Waals surface area contributed by atoms with Gasteiger partial charge in [-0.1, -0.05) is 30.3 Å². The van der Waals surface area contributed by atoms with Gasteiger partial charge in [0.25, 0.3) is 0 Å². The number of aliphatic hydroxyl groups is 2. The van der Waals surface area contributed by atoms with E-state index in [0.29, 0.717) is 12.3 Å². The zero-order valence-electron chi connectivity index (χ0n) is 14.5. The number of aliphatic hydroxyl groups excluding tert-OH is 2. The summed E-state index contributed by atoms with van der Waals surface area (Å²) in [5.41, 5.74) is 0.880. The van der Waals surface area contributed by atoms with Gasteiger partial charge in [0.05, 0.1) is 7.11 Å². The molecule has 0 saturated carbocycles. The Kier molecular flexibility index (Phi) is 9.31. The lowest BCUT2D eigenvalue weighted by atomic mass is 10.0. The highest BCUT2D eigenvalue weighted by Crippen LogP contribution is 2.17. The number of halogens is 1. The van der Waals surface area contributed by atoms with Crippen LogP contribution >= 0.6 is 0 Å². The van der Waals surface area contributed by atoms with Crippen molar-refractivity contribution in [2.45, 2.75) is 25.2 Å². The van der Waals surface area contributed by atoms with E-state index in [4.69, 9.17) is 9.47 Å². The summed E-state index contributed by atoms with van der Waals surface area (Å²) in [6, 6.07) is 16.7. The Morgan fingerprint density at radius 1 is 0.960 bits per heavy atom. The molecule has 0 amide bonds. The van der Waals surface area contributed by atoms with Crippen molar-refractivity contribution in [3.8, 4) is 11.5 Å². The van der Waals surface area contributed by atoms with Gasteiger partial charge in [-0.05, 0) is 36.8 Å². The Morgan fingerprint density at radius 2 is 1.56 bits per heavy atom. The van der Waals surface area contributed by atoms with Gasteiger partial charge >= 0.3 is 0 Å². The summed E-state index contributed by atoms with van der Waals surface area (Å²) >= 11 is 0. The van der Waals surface area contributed by atoms with E-state index in [1.807, 2.05) is 54.7 Å². The molecule has 0 bridgehead atoms. The minimum absolute atomic E-state index is 0. The molecule has 0 aliphatic heterocycles. The van der Waals surface area contributed by atoms with Gasteiger partial charge in [0.15, 0.2) is 0 Å². The normalized spacial score (nSPS) is 14.1. The number of benzene rings is 2. The topological polar surface area (TPSA) is 75.5 Å². The fourth-order valence-corrected chi connectivity index (χ4v) is 2.39. The first-order valence-electron chi connectivity index (χ1n) is 8.11. The Labute approximate surface area is 155 Å². The Morgan fingerprint density at radius 3 is 2.16 bits per heavy atom. The summed E-state index contributed by atoms with van der Waals surface area (Å²) in [7, 11) is 1.61. The lowest BCUT2D eigenvalue weighted by molar-refractivity contribution is -0.699. The van der Waals surface area contributed by atoms with Crippen LogP contribution in [0.4, 0.5) is 0 Å². The second kappa shape index (κ2) is 10.9. The molecule has 5 nitrogen and oxygen atoms in total. The molecule has 0 fully saturated rings. The molecule has 0 aliphatic carbocycles. The molecule has 0 saturated heterocycles. The number of methoxy groups -OCH3 is 1. The van der Waals surface area contributed by atoms with Crippen LogP contribution in [0.1, 0.15) is 18.6 Å². The molecule has 138 valence electrons. The highest BCUT2D eigenvalue weighted by Gasteiger charge is 2.20. The highest BCUT2D eigenvalue weighted by atomic mass is 35.5. The Bertz CT molecular complexity index is 594. The second-order valence-corrected chi connectivity index (χ2v) is 5.83. The molecule has 25 heavy (non-hydrogen) atoms. The van der Waals surface area contributed by atoms with Crippen molar-refractivity contribution in [3.63, 3.8) is 0 Å². The number of hydrogen-bond donors (Lipinski definition) is 3. The van der Waals surface area contributed by atoms with E-state index < -0.39 is 12.2 Å². The third kappa shape index (κ3) is 6.92. The van der Waals surface area contributed by atoms with Gasteiger partial charge in [-0.3, -0.25) is 0 Å². The van der Waals surface area contributed by atoms with Crippen LogP contribution in [0.25, 0.3) is 0 Å². The van der Waals surface area contributed by atoms with Crippen LogP contribution in [-0.2, 0) is 0 Å². The van der Waals surface area contributed by atoms with Gasteiger partial charge < -0.3 is 37.4 Å². The third-order valence-electron chi connectivity index (χ3n) is 3.92. The number of hydrogen-bond acceptors (Lipinski definition) is 4. The van der Waals surface area contributed by atoms with Gasteiger partial charge in [0, 0.05) is 0 Å². The zero-order valence-corrected chi connectivity index (χ0v) is 15.3. The summed E-state index contributed by atoms with van der Waals surface area (Å²) < 4.78 is 10.6. The maximum absolute atomic E-state index is 10.3. The van der Waals surface area contributed by atoms with Crippen molar-refractivity contribution >= 4 is 0 Å². The average molecular weight is 368 g/mol. The van der Waals surface area contributed by atoms with Crippen LogP contribution < -0.4 is 27.2 Å². The summed E-state index contributed by atoms with van der Waals surface area (Å²) in [6.45, 7) is 2.60. The number of nitrogens with two attached hydrogens (primary N) is 1. The molecular formula is C19H26ClNO4. The molecule has 0 aromatic heterocycles. The summed E-state index contributed by atoms with van der Waals surface area (Å²) in [5.74, 6) is 1.45. The molecule has 4 N–H and O–H groups in total. The predicted octanol–water partition coefficient (Wildman–Crippen LogP) is -1.88. The molecule has 0 radical (unpaired) electrons. The molecule has 3 atom stereocenters. The fraction of sp³-hybridized carbons (Fsp3) is 0.368. The van der Waals surface area contributed by atoms with Crippen molar-refractivity contribution < 1.29 is 37.4 Å². The van der Waals surface area contributed by atoms with Gasteiger partial charge in [-0.2, -0.15) is 0 Å². The van der Waals surface area contributed by atoms with Crippen molar-refractivity contribution in [3.05, 3.63) is 60.2 Å². The second-order valence-electron chi connectivity index (χ2n) is 5.83. The van der Waals surface area contributed by atoms with Gasteiger partial charge in [-0.25, -0.2) is 0 Å². The average Bonchev–Trinajstić information content (AvgIpc) is 2.64. The number of rotatable bonds is 9.